The molecule has 182 valence electrons. The Balaban J connectivity index is 1.63. The minimum atomic E-state index is -0.803. The molecule has 35 heavy (non-hydrogen) atoms. The summed E-state index contributed by atoms with van der Waals surface area (Å²) in [7, 11) is 0. The molecule has 0 heterocycles. The van der Waals surface area contributed by atoms with Gasteiger partial charge in [0.25, 0.3) is 0 Å². The van der Waals surface area contributed by atoms with Crippen LogP contribution in [0.3, 0.4) is 0 Å². The number of ether oxygens (including phenoxy) is 2. The van der Waals surface area contributed by atoms with E-state index in [1.807, 2.05) is 32.0 Å². The number of carbonyl (C=O) groups excluding carboxylic acids is 1. The van der Waals surface area contributed by atoms with Crippen molar-refractivity contribution in [3.8, 4) is 23.3 Å². The first kappa shape index (κ1) is 26.0. The van der Waals surface area contributed by atoms with Crippen LogP contribution in [0.15, 0.2) is 54.6 Å². The number of nitrogens with zero attached hydrogens (tertiary/aromatic N) is 1. The second-order valence-electron chi connectivity index (χ2n) is 8.16. The van der Waals surface area contributed by atoms with Crippen LogP contribution in [0.1, 0.15) is 28.7 Å². The lowest BCUT2D eigenvalue weighted by molar-refractivity contribution is -0.115. The highest BCUT2D eigenvalue weighted by atomic mass is 35.5. The number of carbonyl (C=O) groups is 1. The van der Waals surface area contributed by atoms with Gasteiger partial charge in [-0.3, -0.25) is 4.79 Å². The van der Waals surface area contributed by atoms with E-state index in [0.717, 1.165) is 16.7 Å². The molecule has 0 bridgehead atoms. The van der Waals surface area contributed by atoms with Crippen LogP contribution >= 0.6 is 11.6 Å². The van der Waals surface area contributed by atoms with Gasteiger partial charge in [0.05, 0.1) is 37.4 Å². The van der Waals surface area contributed by atoms with E-state index in [4.69, 9.17) is 31.4 Å². The zero-order chi connectivity index (χ0) is 25.4. The fourth-order valence-electron chi connectivity index (χ4n) is 3.33. The smallest absolute Gasteiger partial charge is 0.228 e. The molecule has 0 unspecified atom stereocenters. The Labute approximate surface area is 209 Å². The van der Waals surface area contributed by atoms with Gasteiger partial charge in [-0.25, -0.2) is 0 Å². The molecule has 0 aliphatic heterocycles. The zero-order valence-electron chi connectivity index (χ0n) is 19.5. The Morgan fingerprint density at radius 3 is 2.60 bits per heavy atom. The molecule has 3 aromatic rings. The van der Waals surface area contributed by atoms with Gasteiger partial charge in [-0.2, -0.15) is 5.26 Å². The molecule has 3 N–H and O–H groups in total. The number of nitriles is 1. The summed E-state index contributed by atoms with van der Waals surface area (Å²) in [5.74, 6) is 1.46. The van der Waals surface area contributed by atoms with Crippen LogP contribution in [-0.2, 0) is 11.2 Å². The van der Waals surface area contributed by atoms with Crippen molar-refractivity contribution >= 4 is 23.2 Å². The van der Waals surface area contributed by atoms with Gasteiger partial charge in [0.2, 0.25) is 5.91 Å². The van der Waals surface area contributed by atoms with Gasteiger partial charge in [-0.1, -0.05) is 23.7 Å². The van der Waals surface area contributed by atoms with Crippen LogP contribution in [-0.4, -0.2) is 35.4 Å². The van der Waals surface area contributed by atoms with Gasteiger partial charge in [0.1, 0.15) is 17.2 Å². The van der Waals surface area contributed by atoms with Crippen molar-refractivity contribution in [2.45, 2.75) is 32.8 Å². The standard InChI is InChI=1S/C27H27ClN2O5/c1-17-3-4-19(12-26(17)35-24-11-20(15-29)10-21(28)14-24)13-27(33)30-25-6-5-23(9-18(25)2)34-8-7-22(32)16-31/h3-6,9-12,14,22,31-32H,7-8,13,16H2,1-2H3,(H,30,33)/t22-/m1/s1. The predicted molar refractivity (Wildman–Crippen MR) is 134 cm³/mol. The molecule has 1 atom stereocenters. The Morgan fingerprint density at radius 1 is 1.09 bits per heavy atom. The number of nitrogens with one attached hydrogen (secondary N) is 1. The number of aryl methyl sites for hydroxylation is 2. The SMILES string of the molecule is Cc1cc(OCC[C@@H](O)CO)ccc1NC(=O)Cc1ccc(C)c(Oc2cc(Cl)cc(C#N)c2)c1. The summed E-state index contributed by atoms with van der Waals surface area (Å²) < 4.78 is 11.5. The zero-order valence-corrected chi connectivity index (χ0v) is 20.3. The molecule has 0 fully saturated rings. The van der Waals surface area contributed by atoms with E-state index in [0.29, 0.717) is 39.9 Å². The normalized spacial score (nSPS) is 11.4. The fraction of sp³-hybridized carbons (Fsp3) is 0.259. The third kappa shape index (κ3) is 7.72. The molecule has 8 heteroatoms. The van der Waals surface area contributed by atoms with E-state index in [1.165, 1.54) is 0 Å². The number of rotatable bonds is 10. The largest absolute Gasteiger partial charge is 0.493 e. The lowest BCUT2D eigenvalue weighted by atomic mass is 10.1. The quantitative estimate of drug-likeness (QED) is 0.368. The van der Waals surface area contributed by atoms with Crippen molar-refractivity contribution in [3.63, 3.8) is 0 Å². The number of amides is 1. The van der Waals surface area contributed by atoms with Gasteiger partial charge in [0, 0.05) is 17.1 Å². The lowest BCUT2D eigenvalue weighted by Gasteiger charge is -2.13. The molecule has 0 aromatic heterocycles. The van der Waals surface area contributed by atoms with Crippen molar-refractivity contribution < 1.29 is 24.5 Å². The van der Waals surface area contributed by atoms with E-state index in [2.05, 4.69) is 5.32 Å². The summed E-state index contributed by atoms with van der Waals surface area (Å²) in [5, 5.41) is 30.7. The average Bonchev–Trinajstić information content (AvgIpc) is 2.82. The number of anilines is 1. The maximum atomic E-state index is 12.7. The number of aliphatic hydroxyl groups excluding tert-OH is 2. The number of aliphatic hydroxyl groups is 2. The monoisotopic (exact) mass is 494 g/mol. The molecule has 0 spiro atoms. The first-order valence-corrected chi connectivity index (χ1v) is 11.5. The maximum Gasteiger partial charge on any atom is 0.228 e. The highest BCUT2D eigenvalue weighted by Crippen LogP contribution is 2.29. The maximum absolute atomic E-state index is 12.7. The Kier molecular flexibility index (Phi) is 9.10. The summed E-state index contributed by atoms with van der Waals surface area (Å²) in [6.07, 6.45) is -0.331. The minimum absolute atomic E-state index is 0.145. The number of hydrogen-bond acceptors (Lipinski definition) is 6. The van der Waals surface area contributed by atoms with Gasteiger partial charge < -0.3 is 25.0 Å². The summed E-state index contributed by atoms with van der Waals surface area (Å²) in [6.45, 7) is 3.73. The van der Waals surface area contributed by atoms with Crippen molar-refractivity contribution in [1.29, 1.82) is 5.26 Å². The van der Waals surface area contributed by atoms with Crippen molar-refractivity contribution in [2.75, 3.05) is 18.5 Å². The molecule has 1 amide bonds. The second-order valence-corrected chi connectivity index (χ2v) is 8.60. The van der Waals surface area contributed by atoms with Crippen molar-refractivity contribution in [2.24, 2.45) is 0 Å². The number of halogens is 1. The molecule has 0 aliphatic rings. The molecule has 0 radical (unpaired) electrons. The Hall–Kier alpha value is -3.57. The van der Waals surface area contributed by atoms with Crippen LogP contribution in [0.2, 0.25) is 5.02 Å². The summed E-state index contributed by atoms with van der Waals surface area (Å²) in [4.78, 5) is 12.7. The summed E-state index contributed by atoms with van der Waals surface area (Å²) in [6, 6.07) is 17.7. The van der Waals surface area contributed by atoms with E-state index in [9.17, 15) is 9.90 Å². The third-order valence-corrected chi connectivity index (χ3v) is 5.47. The molecule has 3 rings (SSSR count). The summed E-state index contributed by atoms with van der Waals surface area (Å²) in [5.41, 5.74) is 3.55. The topological polar surface area (TPSA) is 112 Å². The van der Waals surface area contributed by atoms with Crippen molar-refractivity contribution in [3.05, 3.63) is 81.9 Å². The van der Waals surface area contributed by atoms with Crippen LogP contribution in [0, 0.1) is 25.2 Å². The highest BCUT2D eigenvalue weighted by molar-refractivity contribution is 6.30. The summed E-state index contributed by atoms with van der Waals surface area (Å²) >= 11 is 6.07. The molecule has 0 aliphatic carbocycles. The highest BCUT2D eigenvalue weighted by Gasteiger charge is 2.11. The molecular formula is C27H27ClN2O5. The van der Waals surface area contributed by atoms with Gasteiger partial charge in [-0.05, 0) is 73.0 Å². The Morgan fingerprint density at radius 2 is 1.89 bits per heavy atom. The van der Waals surface area contributed by atoms with Gasteiger partial charge in [-0.15, -0.1) is 0 Å². The van der Waals surface area contributed by atoms with E-state index >= 15 is 0 Å². The van der Waals surface area contributed by atoms with Crippen LogP contribution in [0.4, 0.5) is 5.69 Å². The van der Waals surface area contributed by atoms with Gasteiger partial charge in [0.15, 0.2) is 0 Å². The average molecular weight is 495 g/mol. The first-order chi connectivity index (χ1) is 16.8. The molecule has 3 aromatic carbocycles. The fourth-order valence-corrected chi connectivity index (χ4v) is 3.55. The van der Waals surface area contributed by atoms with Crippen LogP contribution in [0.25, 0.3) is 0 Å². The first-order valence-electron chi connectivity index (χ1n) is 11.1. The minimum Gasteiger partial charge on any atom is -0.493 e. The van der Waals surface area contributed by atoms with Crippen LogP contribution < -0.4 is 14.8 Å². The third-order valence-electron chi connectivity index (χ3n) is 5.25. The number of hydrogen-bond donors (Lipinski definition) is 3. The lowest BCUT2D eigenvalue weighted by Crippen LogP contribution is -2.16. The van der Waals surface area contributed by atoms with Crippen LogP contribution in [0.5, 0.6) is 17.2 Å². The predicted octanol–water partition coefficient (Wildman–Crippen LogP) is 4.92. The molecule has 0 saturated heterocycles. The number of benzene rings is 3. The van der Waals surface area contributed by atoms with Gasteiger partial charge >= 0.3 is 0 Å². The molecule has 0 saturated carbocycles. The van der Waals surface area contributed by atoms with Crippen molar-refractivity contribution in [1.82, 2.24) is 0 Å². The Bertz CT molecular complexity index is 1240. The van der Waals surface area contributed by atoms with E-state index in [1.54, 1.807) is 42.5 Å². The molecular weight excluding hydrogens is 468 g/mol. The van der Waals surface area contributed by atoms with E-state index < -0.39 is 6.10 Å². The second kappa shape index (κ2) is 12.2. The molecule has 7 nitrogen and oxygen atoms in total. The van der Waals surface area contributed by atoms with E-state index in [-0.39, 0.29) is 25.5 Å².